The molecule has 0 aliphatic heterocycles. The number of hydrogen-bond acceptors (Lipinski definition) is 5. The van der Waals surface area contributed by atoms with Gasteiger partial charge in [-0.2, -0.15) is 13.7 Å². The Kier molecular flexibility index (Phi) is 3.39. The molecule has 0 radical (unpaired) electrons. The fourth-order valence-corrected chi connectivity index (χ4v) is 1.71. The molecule has 15 heavy (non-hydrogen) atoms. The number of nitrogens with zero attached hydrogens (tertiary/aromatic N) is 2. The molecule has 1 atom stereocenters. The molecule has 0 aliphatic carbocycles. The zero-order valence-electron chi connectivity index (χ0n) is 8.34. The van der Waals surface area contributed by atoms with Gasteiger partial charge in [0.1, 0.15) is 11.8 Å². The Morgan fingerprint density at radius 2 is 2.27 bits per heavy atom. The second-order valence-corrected chi connectivity index (χ2v) is 4.63. The quantitative estimate of drug-likeness (QED) is 0.718. The third-order valence-corrected chi connectivity index (χ3v) is 2.33. The molecule has 1 aromatic heterocycles. The summed E-state index contributed by atoms with van der Waals surface area (Å²) in [5.74, 6) is 0. The van der Waals surface area contributed by atoms with E-state index in [0.717, 1.165) is 6.26 Å². The van der Waals surface area contributed by atoms with Crippen molar-refractivity contribution in [3.63, 3.8) is 0 Å². The zero-order valence-corrected chi connectivity index (χ0v) is 9.15. The molecule has 0 fully saturated rings. The van der Waals surface area contributed by atoms with Gasteiger partial charge in [0.15, 0.2) is 0 Å². The van der Waals surface area contributed by atoms with E-state index >= 15 is 0 Å². The summed E-state index contributed by atoms with van der Waals surface area (Å²) in [5.41, 5.74) is 0.837. The van der Waals surface area contributed by atoms with Gasteiger partial charge in [-0.1, -0.05) is 0 Å². The van der Waals surface area contributed by atoms with Crippen LogP contribution in [0.15, 0.2) is 18.3 Å². The molecule has 0 spiro atoms. The van der Waals surface area contributed by atoms with E-state index in [1.807, 2.05) is 6.07 Å². The van der Waals surface area contributed by atoms with Crippen LogP contribution < -0.4 is 0 Å². The molecule has 80 valence electrons. The number of nitriles is 1. The van der Waals surface area contributed by atoms with Gasteiger partial charge in [-0.3, -0.25) is 4.18 Å². The van der Waals surface area contributed by atoms with E-state index in [9.17, 15) is 8.42 Å². The first-order valence-electron chi connectivity index (χ1n) is 4.16. The fraction of sp³-hybridized carbons (Fsp3) is 0.333. The molecule has 1 aromatic rings. The van der Waals surface area contributed by atoms with Crippen LogP contribution in [0.5, 0.6) is 0 Å². The zero-order chi connectivity index (χ0) is 11.5. The lowest BCUT2D eigenvalue weighted by Gasteiger charge is -2.10. The highest BCUT2D eigenvalue weighted by Crippen LogP contribution is 2.18. The summed E-state index contributed by atoms with van der Waals surface area (Å²) in [6.07, 6.45) is 1.81. The Hall–Kier alpha value is -1.45. The van der Waals surface area contributed by atoms with Crippen LogP contribution in [0.3, 0.4) is 0 Å². The van der Waals surface area contributed by atoms with Crippen molar-refractivity contribution in [2.45, 2.75) is 13.0 Å². The average Bonchev–Trinajstić information content (AvgIpc) is 2.15. The summed E-state index contributed by atoms with van der Waals surface area (Å²) in [6.45, 7) is 1.59. The third-order valence-electron chi connectivity index (χ3n) is 1.69. The number of hydrogen-bond donors (Lipinski definition) is 0. The first kappa shape index (κ1) is 11.6. The van der Waals surface area contributed by atoms with Crippen LogP contribution >= 0.6 is 0 Å². The maximum atomic E-state index is 10.9. The Bertz CT molecular complexity index is 490. The molecule has 0 bridgehead atoms. The highest BCUT2D eigenvalue weighted by atomic mass is 32.2. The molecule has 0 saturated carbocycles. The van der Waals surface area contributed by atoms with E-state index in [1.165, 1.54) is 12.3 Å². The van der Waals surface area contributed by atoms with Crippen LogP contribution in [0.2, 0.25) is 0 Å². The largest absolute Gasteiger partial charge is 0.264 e. The van der Waals surface area contributed by atoms with E-state index in [2.05, 4.69) is 4.98 Å². The van der Waals surface area contributed by atoms with Gasteiger partial charge in [0.05, 0.1) is 12.4 Å². The van der Waals surface area contributed by atoms with Crippen molar-refractivity contribution in [2.75, 3.05) is 6.26 Å². The lowest BCUT2D eigenvalue weighted by molar-refractivity contribution is 0.236. The molecule has 1 rings (SSSR count). The SMILES string of the molecule is CC(OS(C)(=O)=O)c1ccnc(C#N)c1. The van der Waals surface area contributed by atoms with Crippen LogP contribution in [-0.4, -0.2) is 19.7 Å². The molecular weight excluding hydrogens is 216 g/mol. The molecule has 0 saturated heterocycles. The minimum Gasteiger partial charge on any atom is -0.262 e. The van der Waals surface area contributed by atoms with Gasteiger partial charge in [-0.25, -0.2) is 4.98 Å². The predicted molar refractivity (Wildman–Crippen MR) is 53.3 cm³/mol. The summed E-state index contributed by atoms with van der Waals surface area (Å²) in [4.78, 5) is 3.77. The van der Waals surface area contributed by atoms with Gasteiger partial charge in [-0.15, -0.1) is 0 Å². The lowest BCUT2D eigenvalue weighted by atomic mass is 10.1. The van der Waals surface area contributed by atoms with Crippen LogP contribution in [0.4, 0.5) is 0 Å². The van der Waals surface area contributed by atoms with Crippen molar-refractivity contribution in [3.8, 4) is 6.07 Å². The van der Waals surface area contributed by atoms with Crippen LogP contribution in [0.1, 0.15) is 24.3 Å². The van der Waals surface area contributed by atoms with Crippen molar-refractivity contribution in [1.82, 2.24) is 4.98 Å². The van der Waals surface area contributed by atoms with Crippen LogP contribution in [0, 0.1) is 11.3 Å². The van der Waals surface area contributed by atoms with E-state index in [1.54, 1.807) is 13.0 Å². The fourth-order valence-electron chi connectivity index (χ4n) is 1.08. The van der Waals surface area contributed by atoms with Crippen molar-refractivity contribution in [2.24, 2.45) is 0 Å². The van der Waals surface area contributed by atoms with Gasteiger partial charge >= 0.3 is 0 Å². The number of pyridine rings is 1. The Balaban J connectivity index is 2.92. The molecule has 6 heteroatoms. The standard InChI is InChI=1S/C9H10N2O3S/c1-7(14-15(2,12)13)8-3-4-11-9(5-8)6-10/h3-5,7H,1-2H3. The maximum absolute atomic E-state index is 10.9. The summed E-state index contributed by atoms with van der Waals surface area (Å²) >= 11 is 0. The topological polar surface area (TPSA) is 80.1 Å². The smallest absolute Gasteiger partial charge is 0.262 e. The molecule has 1 unspecified atom stereocenters. The first-order valence-corrected chi connectivity index (χ1v) is 5.98. The Labute approximate surface area is 88.5 Å². The van der Waals surface area contributed by atoms with Crippen molar-refractivity contribution in [3.05, 3.63) is 29.6 Å². The number of aromatic nitrogens is 1. The maximum Gasteiger partial charge on any atom is 0.264 e. The van der Waals surface area contributed by atoms with Gasteiger partial charge in [0.2, 0.25) is 0 Å². The number of rotatable bonds is 3. The summed E-state index contributed by atoms with van der Waals surface area (Å²) in [7, 11) is -3.49. The third kappa shape index (κ3) is 3.65. The normalized spacial score (nSPS) is 13.1. The second kappa shape index (κ2) is 4.38. The lowest BCUT2D eigenvalue weighted by Crippen LogP contribution is -2.07. The highest BCUT2D eigenvalue weighted by molar-refractivity contribution is 7.86. The van der Waals surface area contributed by atoms with E-state index in [-0.39, 0.29) is 5.69 Å². The molecule has 1 heterocycles. The van der Waals surface area contributed by atoms with E-state index < -0.39 is 16.2 Å². The predicted octanol–water partition coefficient (Wildman–Crippen LogP) is 0.990. The van der Waals surface area contributed by atoms with E-state index in [0.29, 0.717) is 5.56 Å². The van der Waals surface area contributed by atoms with Crippen LogP contribution in [0.25, 0.3) is 0 Å². The highest BCUT2D eigenvalue weighted by Gasteiger charge is 2.12. The Morgan fingerprint density at radius 1 is 1.60 bits per heavy atom. The summed E-state index contributed by atoms with van der Waals surface area (Å²) in [5, 5.41) is 8.60. The monoisotopic (exact) mass is 226 g/mol. The first-order chi connectivity index (χ1) is 6.92. The minimum atomic E-state index is -3.49. The molecular formula is C9H10N2O3S. The molecule has 0 aromatic carbocycles. The van der Waals surface area contributed by atoms with Gasteiger partial charge < -0.3 is 0 Å². The molecule has 0 N–H and O–H groups in total. The van der Waals surface area contributed by atoms with Crippen molar-refractivity contribution in [1.29, 1.82) is 5.26 Å². The second-order valence-electron chi connectivity index (χ2n) is 3.03. The van der Waals surface area contributed by atoms with Gasteiger partial charge in [-0.05, 0) is 24.6 Å². The molecule has 0 aliphatic rings. The molecule has 5 nitrogen and oxygen atoms in total. The van der Waals surface area contributed by atoms with Gasteiger partial charge in [0.25, 0.3) is 10.1 Å². The average molecular weight is 226 g/mol. The van der Waals surface area contributed by atoms with Crippen molar-refractivity contribution >= 4 is 10.1 Å². The van der Waals surface area contributed by atoms with Crippen molar-refractivity contribution < 1.29 is 12.6 Å². The molecule has 0 amide bonds. The van der Waals surface area contributed by atoms with Gasteiger partial charge in [0, 0.05) is 6.20 Å². The Morgan fingerprint density at radius 3 is 2.80 bits per heavy atom. The summed E-state index contributed by atoms with van der Waals surface area (Å²) < 4.78 is 26.5. The summed E-state index contributed by atoms with van der Waals surface area (Å²) in [6, 6.07) is 4.97. The van der Waals surface area contributed by atoms with Crippen LogP contribution in [-0.2, 0) is 14.3 Å². The minimum absolute atomic E-state index is 0.233. The van der Waals surface area contributed by atoms with E-state index in [4.69, 9.17) is 9.44 Å².